The summed E-state index contributed by atoms with van der Waals surface area (Å²) in [4.78, 5) is 6.09. The van der Waals surface area contributed by atoms with Crippen LogP contribution in [-0.4, -0.2) is 17.3 Å². The Morgan fingerprint density at radius 2 is 2.06 bits per heavy atom. The summed E-state index contributed by atoms with van der Waals surface area (Å²) in [6, 6.07) is 10.4. The Hall–Kier alpha value is -0.840. The van der Waals surface area contributed by atoms with Gasteiger partial charge < -0.3 is 5.73 Å². The summed E-state index contributed by atoms with van der Waals surface area (Å²) in [5, 5.41) is 1.21. The van der Waals surface area contributed by atoms with Crippen molar-refractivity contribution in [2.45, 2.75) is 19.1 Å². The molecule has 0 unspecified atom stereocenters. The van der Waals surface area contributed by atoms with E-state index in [9.17, 15) is 0 Å². The third kappa shape index (κ3) is 3.34. The molecule has 0 saturated heterocycles. The Morgan fingerprint density at radius 1 is 1.28 bits per heavy atom. The van der Waals surface area contributed by atoms with E-state index in [0.717, 1.165) is 23.6 Å². The van der Waals surface area contributed by atoms with Gasteiger partial charge >= 0.3 is 0 Å². The molecule has 0 atom stereocenters. The average molecular weight is 278 g/mol. The van der Waals surface area contributed by atoms with Gasteiger partial charge in [0.05, 0.1) is 5.69 Å². The van der Waals surface area contributed by atoms with Gasteiger partial charge in [-0.3, -0.25) is 0 Å². The molecule has 1 aromatic heterocycles. The zero-order valence-electron chi connectivity index (χ0n) is 10.6. The Kier molecular flexibility index (Phi) is 5.23. The predicted octanol–water partition coefficient (Wildman–Crippen LogP) is 3.56. The van der Waals surface area contributed by atoms with Crippen LogP contribution in [0.2, 0.25) is 0 Å². The molecule has 2 N–H and O–H groups in total. The summed E-state index contributed by atoms with van der Waals surface area (Å²) < 4.78 is 0. The first kappa shape index (κ1) is 13.6. The van der Waals surface area contributed by atoms with E-state index in [1.165, 1.54) is 15.4 Å². The highest BCUT2D eigenvalue weighted by Crippen LogP contribution is 2.30. The van der Waals surface area contributed by atoms with Crippen LogP contribution >= 0.6 is 23.1 Å². The monoisotopic (exact) mass is 278 g/mol. The lowest BCUT2D eigenvalue weighted by Crippen LogP contribution is -2.02. The molecule has 0 spiro atoms. The molecule has 96 valence electrons. The van der Waals surface area contributed by atoms with Gasteiger partial charge in [0.15, 0.2) is 0 Å². The van der Waals surface area contributed by atoms with Gasteiger partial charge in [-0.15, -0.1) is 11.3 Å². The molecule has 2 rings (SSSR count). The summed E-state index contributed by atoms with van der Waals surface area (Å²) in [5.74, 6) is 2.14. The van der Waals surface area contributed by atoms with Crippen LogP contribution in [0, 0.1) is 0 Å². The van der Waals surface area contributed by atoms with Crippen molar-refractivity contribution in [3.8, 4) is 11.3 Å². The summed E-state index contributed by atoms with van der Waals surface area (Å²) >= 11 is 3.72. The van der Waals surface area contributed by atoms with Crippen molar-refractivity contribution in [3.05, 3.63) is 40.2 Å². The molecule has 0 amide bonds. The summed E-state index contributed by atoms with van der Waals surface area (Å²) in [5.41, 5.74) is 8.01. The van der Waals surface area contributed by atoms with Gasteiger partial charge in [0.2, 0.25) is 0 Å². The largest absolute Gasteiger partial charge is 0.330 e. The normalized spacial score (nSPS) is 10.8. The Morgan fingerprint density at radius 3 is 2.72 bits per heavy atom. The fourth-order valence-corrected chi connectivity index (χ4v) is 3.60. The van der Waals surface area contributed by atoms with Gasteiger partial charge in [-0.1, -0.05) is 37.3 Å². The van der Waals surface area contributed by atoms with Crippen LogP contribution in [0.15, 0.2) is 30.3 Å². The van der Waals surface area contributed by atoms with Crippen LogP contribution in [0.5, 0.6) is 0 Å². The van der Waals surface area contributed by atoms with Crippen molar-refractivity contribution in [1.29, 1.82) is 0 Å². The van der Waals surface area contributed by atoms with Crippen LogP contribution in [-0.2, 0) is 12.2 Å². The number of hydrogen-bond acceptors (Lipinski definition) is 4. The molecule has 0 fully saturated rings. The summed E-state index contributed by atoms with van der Waals surface area (Å²) in [7, 11) is 0. The third-order valence-electron chi connectivity index (χ3n) is 2.59. The number of nitrogens with two attached hydrogens (primary N) is 1. The summed E-state index contributed by atoms with van der Waals surface area (Å²) in [6.45, 7) is 2.86. The van der Waals surface area contributed by atoms with E-state index >= 15 is 0 Å². The van der Waals surface area contributed by atoms with E-state index in [2.05, 4.69) is 31.2 Å². The molecule has 2 nitrogen and oxygen atoms in total. The Balaban J connectivity index is 2.29. The second-order valence-electron chi connectivity index (χ2n) is 3.92. The molecular weight excluding hydrogens is 260 g/mol. The number of thioether (sulfide) groups is 1. The van der Waals surface area contributed by atoms with Gasteiger partial charge in [0.25, 0.3) is 0 Å². The first-order valence-corrected chi connectivity index (χ1v) is 8.14. The maximum absolute atomic E-state index is 5.69. The number of benzene rings is 1. The van der Waals surface area contributed by atoms with Crippen molar-refractivity contribution in [2.24, 2.45) is 5.73 Å². The second kappa shape index (κ2) is 6.92. The highest BCUT2D eigenvalue weighted by atomic mass is 32.2. The molecule has 0 aliphatic carbocycles. The van der Waals surface area contributed by atoms with Crippen LogP contribution in [0.25, 0.3) is 11.3 Å². The molecule has 4 heteroatoms. The minimum absolute atomic E-state index is 0.683. The van der Waals surface area contributed by atoms with E-state index in [1.807, 2.05) is 17.8 Å². The molecule has 1 heterocycles. The quantitative estimate of drug-likeness (QED) is 0.878. The fourth-order valence-electron chi connectivity index (χ4n) is 1.77. The highest BCUT2D eigenvalue weighted by Gasteiger charge is 2.12. The smallest absolute Gasteiger partial charge is 0.103 e. The number of rotatable bonds is 6. The number of nitrogens with zero attached hydrogens (tertiary/aromatic N) is 1. The van der Waals surface area contributed by atoms with E-state index in [4.69, 9.17) is 10.7 Å². The van der Waals surface area contributed by atoms with Crippen LogP contribution in [0.3, 0.4) is 0 Å². The highest BCUT2D eigenvalue weighted by molar-refractivity contribution is 7.98. The molecule has 0 radical (unpaired) electrons. The van der Waals surface area contributed by atoms with Crippen molar-refractivity contribution in [2.75, 3.05) is 12.3 Å². The average Bonchev–Trinajstić information content (AvgIpc) is 2.81. The first-order valence-electron chi connectivity index (χ1n) is 6.17. The molecule has 0 aliphatic rings. The standard InChI is InChI=1S/C14H18N2S2/c1-2-17-10-13-16-14(12(18-13)8-9-15)11-6-4-3-5-7-11/h3-7H,2,8-10,15H2,1H3. The molecule has 0 aliphatic heterocycles. The van der Waals surface area contributed by atoms with Gasteiger partial charge in [-0.2, -0.15) is 11.8 Å². The summed E-state index contributed by atoms with van der Waals surface area (Å²) in [6.07, 6.45) is 0.915. The maximum Gasteiger partial charge on any atom is 0.103 e. The first-order chi connectivity index (χ1) is 8.85. The molecule has 1 aromatic carbocycles. The van der Waals surface area contributed by atoms with E-state index in [0.29, 0.717) is 6.54 Å². The Labute approximate surface area is 117 Å². The van der Waals surface area contributed by atoms with Gasteiger partial charge in [0, 0.05) is 16.2 Å². The molecule has 2 aromatic rings. The Bertz CT molecular complexity index is 480. The third-order valence-corrected chi connectivity index (χ3v) is 4.77. The van der Waals surface area contributed by atoms with Crippen LogP contribution in [0.1, 0.15) is 16.8 Å². The lowest BCUT2D eigenvalue weighted by Gasteiger charge is -2.00. The molecular formula is C14H18N2S2. The number of hydrogen-bond donors (Lipinski definition) is 1. The van der Waals surface area contributed by atoms with Crippen LogP contribution < -0.4 is 5.73 Å². The predicted molar refractivity (Wildman–Crippen MR) is 82.1 cm³/mol. The van der Waals surface area contributed by atoms with Crippen molar-refractivity contribution in [3.63, 3.8) is 0 Å². The van der Waals surface area contributed by atoms with Gasteiger partial charge in [-0.25, -0.2) is 4.98 Å². The molecule has 0 bridgehead atoms. The number of aromatic nitrogens is 1. The van der Waals surface area contributed by atoms with Crippen LogP contribution in [0.4, 0.5) is 0 Å². The van der Waals surface area contributed by atoms with Crippen molar-refractivity contribution < 1.29 is 0 Å². The second-order valence-corrected chi connectivity index (χ2v) is 6.36. The van der Waals surface area contributed by atoms with E-state index in [1.54, 1.807) is 11.3 Å². The topological polar surface area (TPSA) is 38.9 Å². The van der Waals surface area contributed by atoms with E-state index in [-0.39, 0.29) is 0 Å². The SMILES string of the molecule is CCSCc1nc(-c2ccccc2)c(CCN)s1. The zero-order chi connectivity index (χ0) is 12.8. The number of thiazole rings is 1. The zero-order valence-corrected chi connectivity index (χ0v) is 12.2. The van der Waals surface area contributed by atoms with Gasteiger partial charge in [-0.05, 0) is 18.7 Å². The molecule has 18 heavy (non-hydrogen) atoms. The van der Waals surface area contributed by atoms with E-state index < -0.39 is 0 Å². The van der Waals surface area contributed by atoms with Crippen molar-refractivity contribution in [1.82, 2.24) is 4.98 Å². The van der Waals surface area contributed by atoms with Gasteiger partial charge in [0.1, 0.15) is 5.01 Å². The minimum Gasteiger partial charge on any atom is -0.330 e. The maximum atomic E-state index is 5.69. The van der Waals surface area contributed by atoms with Crippen molar-refractivity contribution >= 4 is 23.1 Å². The molecule has 0 saturated carbocycles. The lowest BCUT2D eigenvalue weighted by molar-refractivity contribution is 0.985. The lowest BCUT2D eigenvalue weighted by atomic mass is 10.1. The fraction of sp³-hybridized carbons (Fsp3) is 0.357. The minimum atomic E-state index is 0.683.